The number of likely N-dealkylation sites (tertiary alicyclic amines) is 1. The Morgan fingerprint density at radius 2 is 1.52 bits per heavy atom. The number of hydrogen-bond donors (Lipinski definition) is 4. The standard InChI is InChI=1S/C31H53N5O6/c1-29(2,3)21(16-42-31(7,8)9)34-28(41)35-24(30(4,5)6)27(40)36-15-18-14-19(18)22(36)26(39)33-20(23(37)25(32)38)13-17-11-10-12-17/h17-22,24H,10-16H2,1-9H3,(H2,32,38)(H,33,39)(H2,34,35,41)/t18-,19-,20?,21+,22-,24+/m0/s1. The first-order valence-electron chi connectivity index (χ1n) is 15.3. The molecule has 11 heteroatoms. The Kier molecular flexibility index (Phi) is 10.1. The van der Waals surface area contributed by atoms with Gasteiger partial charge in [-0.25, -0.2) is 4.79 Å². The lowest BCUT2D eigenvalue weighted by atomic mass is 9.80. The van der Waals surface area contributed by atoms with Gasteiger partial charge in [0.15, 0.2) is 0 Å². The van der Waals surface area contributed by atoms with Gasteiger partial charge in [0.1, 0.15) is 12.1 Å². The Hall–Kier alpha value is -2.69. The van der Waals surface area contributed by atoms with Crippen LogP contribution in [0.25, 0.3) is 0 Å². The van der Waals surface area contributed by atoms with E-state index in [0.29, 0.717) is 19.6 Å². The quantitative estimate of drug-likeness (QED) is 0.270. The van der Waals surface area contributed by atoms with E-state index in [2.05, 4.69) is 16.0 Å². The van der Waals surface area contributed by atoms with E-state index in [4.69, 9.17) is 10.5 Å². The summed E-state index contributed by atoms with van der Waals surface area (Å²) in [4.78, 5) is 66.8. The molecule has 0 bridgehead atoms. The van der Waals surface area contributed by atoms with Crippen LogP contribution in [0.4, 0.5) is 4.79 Å². The molecule has 0 aromatic carbocycles. The van der Waals surface area contributed by atoms with E-state index >= 15 is 0 Å². The van der Waals surface area contributed by atoms with Gasteiger partial charge < -0.3 is 31.3 Å². The smallest absolute Gasteiger partial charge is 0.315 e. The van der Waals surface area contributed by atoms with Crippen molar-refractivity contribution in [2.45, 2.75) is 124 Å². The first-order chi connectivity index (χ1) is 19.2. The number of hydrogen-bond acceptors (Lipinski definition) is 6. The first-order valence-corrected chi connectivity index (χ1v) is 15.3. The lowest BCUT2D eigenvalue weighted by molar-refractivity contribution is -0.144. The van der Waals surface area contributed by atoms with E-state index in [9.17, 15) is 24.0 Å². The van der Waals surface area contributed by atoms with Gasteiger partial charge in [-0.15, -0.1) is 0 Å². The van der Waals surface area contributed by atoms with E-state index in [-0.39, 0.29) is 40.7 Å². The molecule has 0 spiro atoms. The Morgan fingerprint density at radius 3 is 2.00 bits per heavy atom. The van der Waals surface area contributed by atoms with Crippen LogP contribution in [-0.2, 0) is 23.9 Å². The molecule has 2 aliphatic carbocycles. The van der Waals surface area contributed by atoms with Crippen molar-refractivity contribution in [3.05, 3.63) is 0 Å². The van der Waals surface area contributed by atoms with Crippen LogP contribution in [0.1, 0.15) is 94.4 Å². The van der Waals surface area contributed by atoms with Crippen molar-refractivity contribution in [1.29, 1.82) is 0 Å². The molecule has 3 aliphatic rings. The molecule has 3 rings (SSSR count). The SMILES string of the molecule is CC(C)(C)OC[C@@H](NC(=O)N[C@H](C(=O)N1C[C@@H]2C[C@@H]2[C@H]1C(=O)NC(CC1CCC1)C(=O)C(N)=O)C(C)(C)C)C(C)(C)C. The zero-order chi connectivity index (χ0) is 31.8. The number of piperidine rings is 1. The average molecular weight is 592 g/mol. The number of amides is 5. The van der Waals surface area contributed by atoms with Gasteiger partial charge in [-0.05, 0) is 62.2 Å². The van der Waals surface area contributed by atoms with Crippen molar-refractivity contribution in [1.82, 2.24) is 20.9 Å². The highest BCUT2D eigenvalue weighted by atomic mass is 16.5. The average Bonchev–Trinajstić information content (AvgIpc) is 3.47. The highest BCUT2D eigenvalue weighted by molar-refractivity contribution is 6.37. The van der Waals surface area contributed by atoms with Crippen molar-refractivity contribution in [3.8, 4) is 0 Å². The topological polar surface area (TPSA) is 160 Å². The van der Waals surface area contributed by atoms with Gasteiger partial charge in [0.25, 0.3) is 5.91 Å². The molecular weight excluding hydrogens is 538 g/mol. The van der Waals surface area contributed by atoms with Gasteiger partial charge in [0.2, 0.25) is 17.6 Å². The summed E-state index contributed by atoms with van der Waals surface area (Å²) in [5, 5.41) is 8.67. The molecule has 1 aliphatic heterocycles. The number of urea groups is 1. The second kappa shape index (κ2) is 12.5. The Bertz CT molecular complexity index is 1050. The summed E-state index contributed by atoms with van der Waals surface area (Å²) in [6.45, 7) is 18.2. The molecule has 1 unspecified atom stereocenters. The molecule has 5 N–H and O–H groups in total. The van der Waals surface area contributed by atoms with E-state index in [1.54, 1.807) is 4.90 Å². The largest absolute Gasteiger partial charge is 0.374 e. The minimum atomic E-state index is -1.08. The van der Waals surface area contributed by atoms with Gasteiger partial charge in [0.05, 0.1) is 24.3 Å². The summed E-state index contributed by atoms with van der Waals surface area (Å²) in [6.07, 6.45) is 4.11. The Labute approximate surface area is 250 Å². The monoisotopic (exact) mass is 591 g/mol. The molecule has 1 heterocycles. The Balaban J connectivity index is 1.74. The molecule has 0 aromatic rings. The summed E-state index contributed by atoms with van der Waals surface area (Å²) in [6, 6.07) is -3.49. The summed E-state index contributed by atoms with van der Waals surface area (Å²) in [7, 11) is 0. The van der Waals surface area contributed by atoms with Crippen LogP contribution in [0.2, 0.25) is 0 Å². The van der Waals surface area contributed by atoms with Crippen LogP contribution < -0.4 is 21.7 Å². The molecule has 0 aromatic heterocycles. The molecule has 5 amide bonds. The fourth-order valence-electron chi connectivity index (χ4n) is 5.74. The molecule has 1 saturated heterocycles. The minimum absolute atomic E-state index is 0.0174. The highest BCUT2D eigenvalue weighted by Crippen LogP contribution is 2.50. The molecule has 11 nitrogen and oxygen atoms in total. The van der Waals surface area contributed by atoms with Crippen LogP contribution in [-0.4, -0.2) is 77.4 Å². The van der Waals surface area contributed by atoms with Crippen molar-refractivity contribution in [2.75, 3.05) is 13.2 Å². The molecule has 6 atom stereocenters. The lowest BCUT2D eigenvalue weighted by Crippen LogP contribution is -2.62. The van der Waals surface area contributed by atoms with Crippen LogP contribution in [0.3, 0.4) is 0 Å². The number of carbonyl (C=O) groups is 5. The third-order valence-corrected chi connectivity index (χ3v) is 8.79. The van der Waals surface area contributed by atoms with E-state index in [1.807, 2.05) is 62.3 Å². The predicted octanol–water partition coefficient (Wildman–Crippen LogP) is 2.51. The summed E-state index contributed by atoms with van der Waals surface area (Å²) >= 11 is 0. The third-order valence-electron chi connectivity index (χ3n) is 8.79. The van der Waals surface area contributed by atoms with Gasteiger partial charge in [0, 0.05) is 6.54 Å². The van der Waals surface area contributed by atoms with E-state index < -0.39 is 47.2 Å². The second-order valence-corrected chi connectivity index (χ2v) is 15.7. The second-order valence-electron chi connectivity index (χ2n) is 15.7. The minimum Gasteiger partial charge on any atom is -0.374 e. The van der Waals surface area contributed by atoms with Crippen molar-refractivity contribution in [2.24, 2.45) is 34.3 Å². The van der Waals surface area contributed by atoms with Crippen LogP contribution >= 0.6 is 0 Å². The molecule has 3 fully saturated rings. The number of ketones is 1. The number of ether oxygens (including phenoxy) is 1. The summed E-state index contributed by atoms with van der Waals surface area (Å²) < 4.78 is 5.96. The number of nitrogens with one attached hydrogen (secondary N) is 3. The number of carbonyl (C=O) groups excluding carboxylic acids is 5. The maximum absolute atomic E-state index is 14.0. The van der Waals surface area contributed by atoms with Crippen LogP contribution in [0, 0.1) is 28.6 Å². The van der Waals surface area contributed by atoms with Crippen LogP contribution in [0.15, 0.2) is 0 Å². The number of primary amides is 1. The van der Waals surface area contributed by atoms with Crippen molar-refractivity contribution >= 4 is 29.5 Å². The number of fused-ring (bicyclic) bond motifs is 1. The van der Waals surface area contributed by atoms with E-state index in [0.717, 1.165) is 25.7 Å². The maximum atomic E-state index is 14.0. The number of nitrogens with two attached hydrogens (primary N) is 1. The van der Waals surface area contributed by atoms with Crippen molar-refractivity contribution in [3.63, 3.8) is 0 Å². The zero-order valence-corrected chi connectivity index (χ0v) is 27.0. The molecule has 238 valence electrons. The van der Waals surface area contributed by atoms with Gasteiger partial charge in [-0.2, -0.15) is 0 Å². The highest BCUT2D eigenvalue weighted by Gasteiger charge is 2.58. The van der Waals surface area contributed by atoms with E-state index in [1.165, 1.54) is 0 Å². The van der Waals surface area contributed by atoms with Crippen LogP contribution in [0.5, 0.6) is 0 Å². The lowest BCUT2D eigenvalue weighted by Gasteiger charge is -2.38. The van der Waals surface area contributed by atoms with Crippen molar-refractivity contribution < 1.29 is 28.7 Å². The molecule has 2 saturated carbocycles. The van der Waals surface area contributed by atoms with Gasteiger partial charge in [-0.1, -0.05) is 60.8 Å². The first kappa shape index (κ1) is 33.8. The fraction of sp³-hybridized carbons (Fsp3) is 0.839. The fourth-order valence-corrected chi connectivity index (χ4v) is 5.74. The molecular formula is C31H53N5O6. The zero-order valence-electron chi connectivity index (χ0n) is 27.0. The third kappa shape index (κ3) is 8.67. The number of Topliss-reactive ketones (excluding diaryl/α,β-unsaturated/α-hetero) is 1. The van der Waals surface area contributed by atoms with Gasteiger partial charge >= 0.3 is 6.03 Å². The van der Waals surface area contributed by atoms with Gasteiger partial charge in [-0.3, -0.25) is 19.2 Å². The summed E-state index contributed by atoms with van der Waals surface area (Å²) in [5.41, 5.74) is 3.95. The number of rotatable bonds is 11. The maximum Gasteiger partial charge on any atom is 0.315 e. The molecule has 42 heavy (non-hydrogen) atoms. The number of nitrogens with zero attached hydrogens (tertiary/aromatic N) is 1. The normalized spacial score (nSPS) is 24.5. The summed E-state index contributed by atoms with van der Waals surface area (Å²) in [5.74, 6) is -2.25. The Morgan fingerprint density at radius 1 is 0.905 bits per heavy atom. The molecule has 0 radical (unpaired) electrons. The predicted molar refractivity (Wildman–Crippen MR) is 159 cm³/mol.